The second-order valence-electron chi connectivity index (χ2n) is 6.23. The van der Waals surface area contributed by atoms with Crippen molar-refractivity contribution < 1.29 is 9.59 Å². The summed E-state index contributed by atoms with van der Waals surface area (Å²) >= 11 is 3.38. The van der Waals surface area contributed by atoms with Gasteiger partial charge in [0, 0.05) is 23.1 Å². The van der Waals surface area contributed by atoms with Crippen LogP contribution in [0.3, 0.4) is 0 Å². The highest BCUT2D eigenvalue weighted by Gasteiger charge is 2.33. The van der Waals surface area contributed by atoms with E-state index in [0.717, 1.165) is 28.6 Å². The summed E-state index contributed by atoms with van der Waals surface area (Å²) in [5.74, 6) is -0.0507. The maximum Gasteiger partial charge on any atom is 0.247 e. The lowest BCUT2D eigenvalue weighted by atomic mass is 10.1. The van der Waals surface area contributed by atoms with Crippen LogP contribution in [0.15, 0.2) is 59.1 Å². The fourth-order valence-electron chi connectivity index (χ4n) is 3.14. The first kappa shape index (κ1) is 17.7. The Bertz CT molecular complexity index is 731. The zero-order chi connectivity index (χ0) is 17.6. The Morgan fingerprint density at radius 1 is 1.08 bits per heavy atom. The number of amides is 2. The molecule has 1 atom stereocenters. The third kappa shape index (κ3) is 4.69. The van der Waals surface area contributed by atoms with Crippen LogP contribution >= 0.6 is 15.9 Å². The SMILES string of the molecule is O=C(Nc1ccc(Br)cc1)C1CCCN1C(=O)CCc1ccccc1. The first-order valence-electron chi connectivity index (χ1n) is 8.53. The van der Waals surface area contributed by atoms with Crippen LogP contribution in [0, 0.1) is 0 Å². The van der Waals surface area contributed by atoms with Crippen LogP contribution in [0.4, 0.5) is 5.69 Å². The molecule has 1 N–H and O–H groups in total. The van der Waals surface area contributed by atoms with Gasteiger partial charge in [-0.25, -0.2) is 0 Å². The van der Waals surface area contributed by atoms with Gasteiger partial charge in [0.1, 0.15) is 6.04 Å². The van der Waals surface area contributed by atoms with Crippen molar-refractivity contribution in [1.82, 2.24) is 4.90 Å². The number of hydrogen-bond donors (Lipinski definition) is 1. The third-order valence-electron chi connectivity index (χ3n) is 4.46. The summed E-state index contributed by atoms with van der Waals surface area (Å²) in [6.45, 7) is 0.659. The van der Waals surface area contributed by atoms with Crippen molar-refractivity contribution >= 4 is 33.4 Å². The van der Waals surface area contributed by atoms with Crippen LogP contribution < -0.4 is 5.32 Å². The summed E-state index contributed by atoms with van der Waals surface area (Å²) in [5, 5.41) is 2.92. The number of nitrogens with zero attached hydrogens (tertiary/aromatic N) is 1. The number of aryl methyl sites for hydroxylation is 1. The Hall–Kier alpha value is -2.14. The molecular formula is C20H21BrN2O2. The van der Waals surface area contributed by atoms with E-state index in [1.807, 2.05) is 54.6 Å². The maximum absolute atomic E-state index is 12.6. The molecular weight excluding hydrogens is 380 g/mol. The number of halogens is 1. The number of benzene rings is 2. The minimum atomic E-state index is -0.369. The lowest BCUT2D eigenvalue weighted by Gasteiger charge is -2.24. The molecule has 1 heterocycles. The van der Waals surface area contributed by atoms with Crippen molar-refractivity contribution in [3.63, 3.8) is 0 Å². The van der Waals surface area contributed by atoms with Crippen LogP contribution in [0.1, 0.15) is 24.8 Å². The van der Waals surface area contributed by atoms with E-state index >= 15 is 0 Å². The molecule has 1 unspecified atom stereocenters. The molecule has 1 fully saturated rings. The quantitative estimate of drug-likeness (QED) is 0.823. The fourth-order valence-corrected chi connectivity index (χ4v) is 3.40. The van der Waals surface area contributed by atoms with E-state index in [1.54, 1.807) is 4.90 Å². The number of rotatable bonds is 5. The van der Waals surface area contributed by atoms with Gasteiger partial charge in [0.2, 0.25) is 11.8 Å². The first-order chi connectivity index (χ1) is 12.1. The molecule has 0 bridgehead atoms. The Labute approximate surface area is 156 Å². The predicted molar refractivity (Wildman–Crippen MR) is 102 cm³/mol. The molecule has 0 saturated carbocycles. The van der Waals surface area contributed by atoms with Gasteiger partial charge < -0.3 is 10.2 Å². The van der Waals surface area contributed by atoms with Crippen molar-refractivity contribution in [2.24, 2.45) is 0 Å². The van der Waals surface area contributed by atoms with Gasteiger partial charge in [-0.2, -0.15) is 0 Å². The number of carbonyl (C=O) groups excluding carboxylic acids is 2. The van der Waals surface area contributed by atoms with Gasteiger partial charge in [0.15, 0.2) is 0 Å². The van der Waals surface area contributed by atoms with Gasteiger partial charge in [0.05, 0.1) is 0 Å². The minimum Gasteiger partial charge on any atom is -0.331 e. The Morgan fingerprint density at radius 2 is 1.80 bits per heavy atom. The van der Waals surface area contributed by atoms with E-state index < -0.39 is 0 Å². The highest BCUT2D eigenvalue weighted by molar-refractivity contribution is 9.10. The van der Waals surface area contributed by atoms with Crippen LogP contribution in [-0.4, -0.2) is 29.3 Å². The van der Waals surface area contributed by atoms with Gasteiger partial charge in [-0.05, 0) is 49.1 Å². The zero-order valence-corrected chi connectivity index (χ0v) is 15.5. The van der Waals surface area contributed by atoms with E-state index in [0.29, 0.717) is 19.4 Å². The van der Waals surface area contributed by atoms with Crippen LogP contribution in [0.25, 0.3) is 0 Å². The molecule has 3 rings (SSSR count). The average Bonchev–Trinajstić information content (AvgIpc) is 3.12. The van der Waals surface area contributed by atoms with Gasteiger partial charge in [0.25, 0.3) is 0 Å². The fraction of sp³-hybridized carbons (Fsp3) is 0.300. The Morgan fingerprint density at radius 3 is 2.52 bits per heavy atom. The average molecular weight is 401 g/mol. The molecule has 1 aliphatic rings. The van der Waals surface area contributed by atoms with E-state index in [1.165, 1.54) is 0 Å². The molecule has 0 spiro atoms. The summed E-state index contributed by atoms with van der Waals surface area (Å²) in [6.07, 6.45) is 2.73. The number of anilines is 1. The molecule has 1 aliphatic heterocycles. The van der Waals surface area contributed by atoms with E-state index in [-0.39, 0.29) is 17.9 Å². The maximum atomic E-state index is 12.6. The topological polar surface area (TPSA) is 49.4 Å². The molecule has 2 aromatic carbocycles. The molecule has 5 heteroatoms. The molecule has 4 nitrogen and oxygen atoms in total. The smallest absolute Gasteiger partial charge is 0.247 e. The monoisotopic (exact) mass is 400 g/mol. The first-order valence-corrected chi connectivity index (χ1v) is 9.32. The largest absolute Gasteiger partial charge is 0.331 e. The summed E-state index contributed by atoms with van der Waals surface area (Å²) in [7, 11) is 0. The molecule has 25 heavy (non-hydrogen) atoms. The van der Waals surface area contributed by atoms with Crippen LogP contribution in [0.2, 0.25) is 0 Å². The summed E-state index contributed by atoms with van der Waals surface area (Å²) in [6, 6.07) is 17.1. The molecule has 0 aliphatic carbocycles. The minimum absolute atomic E-state index is 0.0531. The normalized spacial score (nSPS) is 16.7. The van der Waals surface area contributed by atoms with Gasteiger partial charge >= 0.3 is 0 Å². The van der Waals surface area contributed by atoms with E-state index in [9.17, 15) is 9.59 Å². The molecule has 2 amide bonds. The summed E-state index contributed by atoms with van der Waals surface area (Å²) < 4.78 is 0.962. The number of likely N-dealkylation sites (tertiary alicyclic amines) is 1. The zero-order valence-electron chi connectivity index (χ0n) is 14.0. The van der Waals surface area contributed by atoms with Crippen molar-refractivity contribution in [2.75, 3.05) is 11.9 Å². The number of nitrogens with one attached hydrogen (secondary N) is 1. The highest BCUT2D eigenvalue weighted by atomic mass is 79.9. The van der Waals surface area contributed by atoms with E-state index in [4.69, 9.17) is 0 Å². The van der Waals surface area contributed by atoms with Crippen molar-refractivity contribution in [1.29, 1.82) is 0 Å². The van der Waals surface area contributed by atoms with Crippen LogP contribution in [0.5, 0.6) is 0 Å². The van der Waals surface area contributed by atoms with Crippen LogP contribution in [-0.2, 0) is 16.0 Å². The van der Waals surface area contributed by atoms with Gasteiger partial charge in [-0.15, -0.1) is 0 Å². The second-order valence-corrected chi connectivity index (χ2v) is 7.14. The standard InChI is InChI=1S/C20H21BrN2O2/c21-16-9-11-17(12-10-16)22-20(25)18-7-4-14-23(18)19(24)13-8-15-5-2-1-3-6-15/h1-3,5-6,9-12,18H,4,7-8,13-14H2,(H,22,25). The molecule has 2 aromatic rings. The second kappa shape index (κ2) is 8.30. The predicted octanol–water partition coefficient (Wildman–Crippen LogP) is 4.01. The molecule has 0 radical (unpaired) electrons. The van der Waals surface area contributed by atoms with Gasteiger partial charge in [-0.1, -0.05) is 46.3 Å². The Balaban J connectivity index is 1.58. The summed E-state index contributed by atoms with van der Waals surface area (Å²) in [5.41, 5.74) is 1.89. The lowest BCUT2D eigenvalue weighted by molar-refractivity contribution is -0.136. The van der Waals surface area contributed by atoms with E-state index in [2.05, 4.69) is 21.2 Å². The molecule has 1 saturated heterocycles. The summed E-state index contributed by atoms with van der Waals surface area (Å²) in [4.78, 5) is 26.9. The lowest BCUT2D eigenvalue weighted by Crippen LogP contribution is -2.43. The number of carbonyl (C=O) groups is 2. The van der Waals surface area contributed by atoms with Gasteiger partial charge in [-0.3, -0.25) is 9.59 Å². The van der Waals surface area contributed by atoms with Crippen molar-refractivity contribution in [3.8, 4) is 0 Å². The third-order valence-corrected chi connectivity index (χ3v) is 4.99. The van der Waals surface area contributed by atoms with Crippen molar-refractivity contribution in [2.45, 2.75) is 31.7 Å². The molecule has 130 valence electrons. The highest BCUT2D eigenvalue weighted by Crippen LogP contribution is 2.21. The number of hydrogen-bond acceptors (Lipinski definition) is 2. The molecule has 0 aromatic heterocycles. The Kier molecular flexibility index (Phi) is 5.87. The van der Waals surface area contributed by atoms with Crippen molar-refractivity contribution in [3.05, 3.63) is 64.6 Å².